The van der Waals surface area contributed by atoms with Gasteiger partial charge in [0, 0.05) is 11.8 Å². The van der Waals surface area contributed by atoms with Gasteiger partial charge in [0.15, 0.2) is 0 Å². The first-order chi connectivity index (χ1) is 9.69. The summed E-state index contributed by atoms with van der Waals surface area (Å²) in [4.78, 5) is 22.0. The van der Waals surface area contributed by atoms with Gasteiger partial charge in [-0.2, -0.15) is 0 Å². The molecule has 0 unspecified atom stereocenters. The molecule has 2 fully saturated rings. The third kappa shape index (κ3) is 11.5. The number of hydrogen-bond acceptors (Lipinski definition) is 2. The number of halogens is 2. The van der Waals surface area contributed by atoms with E-state index in [1.165, 1.54) is 38.5 Å². The number of carbonyl (C=O) groups is 2. The van der Waals surface area contributed by atoms with E-state index < -0.39 is 0 Å². The van der Waals surface area contributed by atoms with Crippen LogP contribution >= 0.6 is 0 Å². The summed E-state index contributed by atoms with van der Waals surface area (Å²) in [6, 6.07) is 0. The SMILES string of the molecule is C[N-]C(=O)C1CCCCC1.C[N-]C(=O)C1CCCCC1.[Cl-].[Cl-].[Hf+4]. The Morgan fingerprint density at radius 1 is 0.652 bits per heavy atom. The van der Waals surface area contributed by atoms with Crippen LogP contribution in [0.4, 0.5) is 0 Å². The smallest absolute Gasteiger partial charge is 1.00 e. The molecule has 2 amide bonds. The molecule has 23 heavy (non-hydrogen) atoms. The van der Waals surface area contributed by atoms with Crippen molar-refractivity contribution < 1.29 is 60.2 Å². The average Bonchev–Trinajstić information content (AvgIpc) is 2.55. The van der Waals surface area contributed by atoms with Gasteiger partial charge in [0.25, 0.3) is 0 Å². The number of nitrogens with zero attached hydrogens (tertiary/aromatic N) is 2. The second-order valence-corrected chi connectivity index (χ2v) is 5.79. The van der Waals surface area contributed by atoms with E-state index in [-0.39, 0.29) is 74.3 Å². The van der Waals surface area contributed by atoms with Gasteiger partial charge in [-0.05, 0) is 25.7 Å². The first-order valence-corrected chi connectivity index (χ1v) is 7.96. The molecule has 0 radical (unpaired) electrons. The third-order valence-electron chi connectivity index (χ3n) is 4.35. The molecule has 2 rings (SSSR count). The summed E-state index contributed by atoms with van der Waals surface area (Å²) >= 11 is 0. The molecule has 0 aliphatic heterocycles. The van der Waals surface area contributed by atoms with Gasteiger partial charge in [0.2, 0.25) is 0 Å². The van der Waals surface area contributed by atoms with Gasteiger partial charge < -0.3 is 45.0 Å². The topological polar surface area (TPSA) is 62.3 Å². The van der Waals surface area contributed by atoms with Crippen molar-refractivity contribution in [1.29, 1.82) is 0 Å². The summed E-state index contributed by atoms with van der Waals surface area (Å²) in [5.41, 5.74) is 0. The Morgan fingerprint density at radius 2 is 0.913 bits per heavy atom. The molecule has 0 saturated heterocycles. The Hall–Kier alpha value is 0.390. The van der Waals surface area contributed by atoms with Gasteiger partial charge in [0.1, 0.15) is 0 Å². The molecule has 2 aliphatic rings. The van der Waals surface area contributed by atoms with Crippen LogP contribution in [0.1, 0.15) is 64.2 Å². The number of rotatable bonds is 2. The van der Waals surface area contributed by atoms with E-state index in [1.54, 1.807) is 14.1 Å². The van der Waals surface area contributed by atoms with Crippen LogP contribution in [-0.4, -0.2) is 25.9 Å². The van der Waals surface area contributed by atoms with E-state index in [4.69, 9.17) is 0 Å². The van der Waals surface area contributed by atoms with E-state index >= 15 is 0 Å². The third-order valence-corrected chi connectivity index (χ3v) is 4.35. The van der Waals surface area contributed by atoms with E-state index in [2.05, 4.69) is 10.6 Å². The van der Waals surface area contributed by atoms with Crippen LogP contribution < -0.4 is 24.8 Å². The summed E-state index contributed by atoms with van der Waals surface area (Å²) in [7, 11) is 3.19. The van der Waals surface area contributed by atoms with Crippen LogP contribution in [0.2, 0.25) is 0 Å². The molecule has 4 nitrogen and oxygen atoms in total. The zero-order valence-corrected chi connectivity index (χ0v) is 19.3. The summed E-state index contributed by atoms with van der Waals surface area (Å²) in [6.45, 7) is 0. The predicted octanol–water partition coefficient (Wildman–Crippen LogP) is -1.80. The summed E-state index contributed by atoms with van der Waals surface area (Å²) < 4.78 is 0. The second kappa shape index (κ2) is 17.2. The van der Waals surface area contributed by atoms with E-state index in [0.717, 1.165) is 25.7 Å². The average molecular weight is 530 g/mol. The zero-order chi connectivity index (χ0) is 14.8. The Balaban J connectivity index is -0.000000308. The summed E-state index contributed by atoms with van der Waals surface area (Å²) in [5, 5.41) is 7.35. The van der Waals surface area contributed by atoms with Crippen molar-refractivity contribution in [2.24, 2.45) is 11.8 Å². The van der Waals surface area contributed by atoms with Crippen molar-refractivity contribution in [3.63, 3.8) is 0 Å². The molecule has 2 aliphatic carbocycles. The Bertz CT molecular complexity index is 278. The van der Waals surface area contributed by atoms with Gasteiger partial charge in [-0.1, -0.05) is 38.5 Å². The molecule has 0 aromatic rings. The second-order valence-electron chi connectivity index (χ2n) is 5.79. The molecule has 0 aromatic heterocycles. The standard InChI is InChI=1S/2C8H15NO.2ClH.Hf/c2*1-9-8(10)7-5-3-2-4-6-7;;;/h2*7H,2-6H2,1H3,(H,9,10);2*1H;/q;;;;+4/p-4. The van der Waals surface area contributed by atoms with Gasteiger partial charge in [-0.15, -0.1) is 14.1 Å². The van der Waals surface area contributed by atoms with E-state index in [0.29, 0.717) is 0 Å². The van der Waals surface area contributed by atoms with Crippen molar-refractivity contribution >= 4 is 11.8 Å². The van der Waals surface area contributed by atoms with Crippen molar-refractivity contribution in [3.05, 3.63) is 10.6 Å². The van der Waals surface area contributed by atoms with Gasteiger partial charge in [0.05, 0.1) is 11.8 Å². The first-order valence-electron chi connectivity index (χ1n) is 7.96. The maximum absolute atomic E-state index is 11.0. The van der Waals surface area contributed by atoms with E-state index in [9.17, 15) is 9.59 Å². The van der Waals surface area contributed by atoms with Gasteiger partial charge >= 0.3 is 25.8 Å². The summed E-state index contributed by atoms with van der Waals surface area (Å²) in [5.74, 6) is 0.747. The van der Waals surface area contributed by atoms with Gasteiger partial charge in [-0.3, -0.25) is 0 Å². The molecule has 0 atom stereocenters. The monoisotopic (exact) mass is 530 g/mol. The molecular weight excluding hydrogens is 502 g/mol. The van der Waals surface area contributed by atoms with Gasteiger partial charge in [-0.25, -0.2) is 0 Å². The van der Waals surface area contributed by atoms with Crippen LogP contribution in [0, 0.1) is 11.8 Å². The minimum absolute atomic E-state index is 0. The quantitative estimate of drug-likeness (QED) is 0.397. The van der Waals surface area contributed by atoms with Crippen molar-refractivity contribution in [2.75, 3.05) is 14.1 Å². The van der Waals surface area contributed by atoms with Crippen LogP contribution in [0.15, 0.2) is 0 Å². The Kier molecular flexibility index (Phi) is 21.1. The fourth-order valence-corrected chi connectivity index (χ4v) is 3.06. The minimum Gasteiger partial charge on any atom is -1.00 e. The van der Waals surface area contributed by atoms with Crippen LogP contribution in [0.25, 0.3) is 10.6 Å². The number of carbonyl (C=O) groups excluding carboxylic acids is 2. The number of amides is 2. The maximum atomic E-state index is 11.0. The predicted molar refractivity (Wildman–Crippen MR) is 81.7 cm³/mol. The molecule has 2 saturated carbocycles. The van der Waals surface area contributed by atoms with Crippen molar-refractivity contribution in [2.45, 2.75) is 64.2 Å². The minimum atomic E-state index is 0. The summed E-state index contributed by atoms with van der Waals surface area (Å²) in [6.07, 6.45) is 11.7. The molecule has 0 spiro atoms. The fourth-order valence-electron chi connectivity index (χ4n) is 3.06. The largest absolute Gasteiger partial charge is 4.00 e. The van der Waals surface area contributed by atoms with Crippen LogP contribution in [-0.2, 0) is 35.4 Å². The molecule has 132 valence electrons. The zero-order valence-electron chi connectivity index (χ0n) is 14.2. The first kappa shape index (κ1) is 28.2. The fraction of sp³-hybridized carbons (Fsp3) is 0.875. The molecule has 0 N–H and O–H groups in total. The number of hydrogen-bond donors (Lipinski definition) is 0. The normalized spacial score (nSPS) is 17.8. The Labute approximate surface area is 172 Å². The molecular formula is C16H28Cl2HfN2O2. The van der Waals surface area contributed by atoms with Crippen molar-refractivity contribution in [1.82, 2.24) is 0 Å². The Morgan fingerprint density at radius 3 is 1.13 bits per heavy atom. The molecule has 0 heterocycles. The van der Waals surface area contributed by atoms with E-state index in [1.807, 2.05) is 0 Å². The van der Waals surface area contributed by atoms with Crippen molar-refractivity contribution in [3.8, 4) is 0 Å². The van der Waals surface area contributed by atoms with Crippen LogP contribution in [0.3, 0.4) is 0 Å². The molecule has 0 aromatic carbocycles. The van der Waals surface area contributed by atoms with Crippen LogP contribution in [0.5, 0.6) is 0 Å². The molecule has 7 heteroatoms. The maximum Gasteiger partial charge on any atom is 4.00 e. The molecule has 0 bridgehead atoms.